The van der Waals surface area contributed by atoms with E-state index in [0.717, 1.165) is 42.9 Å². The molecule has 7 rings (SSSR count). The fourth-order valence-corrected chi connectivity index (χ4v) is 14.0. The molecule has 7 heteroatoms. The number of anilines is 1. The number of fused-ring (bicyclic) bond motifs is 4. The molecular formula is C36H40N2O4Si. The highest BCUT2D eigenvalue weighted by atomic mass is 28.3. The van der Waals surface area contributed by atoms with E-state index in [-0.39, 0.29) is 11.1 Å². The minimum absolute atomic E-state index is 0.0281. The van der Waals surface area contributed by atoms with E-state index >= 15 is 0 Å². The molecule has 4 aliphatic heterocycles. The van der Waals surface area contributed by atoms with Gasteiger partial charge in [0.25, 0.3) is 0 Å². The Morgan fingerprint density at radius 1 is 0.907 bits per heavy atom. The van der Waals surface area contributed by atoms with Crippen LogP contribution in [0.4, 0.5) is 5.69 Å². The first-order valence-corrected chi connectivity index (χ1v) is 18.0. The second-order valence-electron chi connectivity index (χ2n) is 14.9. The van der Waals surface area contributed by atoms with Crippen LogP contribution in [0.15, 0.2) is 65.4 Å². The van der Waals surface area contributed by atoms with Gasteiger partial charge in [-0.05, 0) is 94.3 Å². The van der Waals surface area contributed by atoms with Gasteiger partial charge in [-0.1, -0.05) is 45.2 Å². The minimum Gasteiger partial charge on any atom is -0.545 e. The Kier molecular flexibility index (Phi) is 6.30. The predicted molar refractivity (Wildman–Crippen MR) is 171 cm³/mol. The normalized spacial score (nSPS) is 22.8. The van der Waals surface area contributed by atoms with Crippen LogP contribution in [-0.2, 0) is 0 Å². The lowest BCUT2D eigenvalue weighted by Crippen LogP contribution is -2.57. The van der Waals surface area contributed by atoms with Crippen LogP contribution < -0.4 is 15.2 Å². The zero-order valence-corrected chi connectivity index (χ0v) is 26.6. The molecule has 1 spiro atoms. The molecule has 0 radical (unpaired) electrons. The van der Waals surface area contributed by atoms with Crippen LogP contribution in [0.25, 0.3) is 5.57 Å². The van der Waals surface area contributed by atoms with Crippen LogP contribution in [0.2, 0.25) is 12.1 Å². The predicted octanol–water partition coefficient (Wildman–Crippen LogP) is 4.78. The van der Waals surface area contributed by atoms with E-state index in [9.17, 15) is 19.8 Å². The number of carbonyl (C=O) groups is 2. The molecule has 0 amide bonds. The smallest absolute Gasteiger partial charge is 0.335 e. The molecule has 3 saturated heterocycles. The summed E-state index contributed by atoms with van der Waals surface area (Å²) in [6.45, 7) is 13.3. The Labute approximate surface area is 254 Å². The van der Waals surface area contributed by atoms with Crippen LogP contribution in [0.3, 0.4) is 0 Å². The summed E-state index contributed by atoms with van der Waals surface area (Å²) in [5, 5.41) is 25.1. The molecule has 43 heavy (non-hydrogen) atoms. The van der Waals surface area contributed by atoms with Crippen molar-refractivity contribution in [3.63, 3.8) is 0 Å². The fraction of sp³-hybridized carbons (Fsp3) is 0.417. The lowest BCUT2D eigenvalue weighted by molar-refractivity contribution is -0.621. The number of carbonyl (C=O) groups excluding carboxylic acids is 1. The molecule has 0 unspecified atom stereocenters. The highest BCUT2D eigenvalue weighted by molar-refractivity contribution is 7.00. The molecular weight excluding hydrogens is 552 g/mol. The van der Waals surface area contributed by atoms with Crippen molar-refractivity contribution in [3.05, 3.63) is 87.6 Å². The highest BCUT2D eigenvalue weighted by Crippen LogP contribution is 2.48. The summed E-state index contributed by atoms with van der Waals surface area (Å²) in [6.07, 6.45) is 10.4. The summed E-state index contributed by atoms with van der Waals surface area (Å²) in [5.74, 6) is -2.37. The van der Waals surface area contributed by atoms with Gasteiger partial charge in [-0.3, -0.25) is 0 Å². The van der Waals surface area contributed by atoms with Crippen LogP contribution in [-0.4, -0.2) is 61.6 Å². The number of hydrogen-bond acceptors (Lipinski definition) is 4. The average molecular weight is 593 g/mol. The van der Waals surface area contributed by atoms with Crippen LogP contribution in [0, 0.1) is 10.8 Å². The first-order valence-electron chi connectivity index (χ1n) is 15.6. The third-order valence-electron chi connectivity index (χ3n) is 10.2. The topological polar surface area (TPSA) is 83.7 Å². The van der Waals surface area contributed by atoms with Gasteiger partial charge in [-0.15, -0.1) is 0 Å². The molecule has 0 saturated carbocycles. The summed E-state index contributed by atoms with van der Waals surface area (Å²) in [7, 11) is -2.22. The molecule has 1 aliphatic carbocycles. The summed E-state index contributed by atoms with van der Waals surface area (Å²) >= 11 is 0. The molecule has 0 aromatic heterocycles. The average Bonchev–Trinajstić information content (AvgIpc) is 2.95. The standard InChI is InChI=1S/C36H40N2O4Si/c1-35(2)19-37(20-35)24-9-12-27-30(17-24)43(14-6-5-7-15-43)31-18-25(38-21-36(3,4)22-38)10-13-28(31)32(27)29-16-23(33(39)40)8-11-26(29)34(41)42/h8-13,16-18H,5-7,14-15,19-22H2,1-4H3,(H-,39,40,41,42). The lowest BCUT2D eigenvalue weighted by Gasteiger charge is -2.49. The second-order valence-corrected chi connectivity index (χ2v) is 19.1. The molecule has 0 atom stereocenters. The molecule has 222 valence electrons. The number of allylic oxidation sites excluding steroid dienone is 5. The third kappa shape index (κ3) is 4.55. The maximum atomic E-state index is 12.5. The first-order chi connectivity index (χ1) is 20.4. The van der Waals surface area contributed by atoms with E-state index in [4.69, 9.17) is 0 Å². The first kappa shape index (κ1) is 28.1. The van der Waals surface area contributed by atoms with Crippen molar-refractivity contribution in [2.45, 2.75) is 59.0 Å². The summed E-state index contributed by atoms with van der Waals surface area (Å²) < 4.78 is 2.45. The van der Waals surface area contributed by atoms with E-state index in [1.807, 2.05) is 0 Å². The molecule has 2 aromatic carbocycles. The number of benzene rings is 2. The van der Waals surface area contributed by atoms with Crippen molar-refractivity contribution in [2.24, 2.45) is 10.8 Å². The van der Waals surface area contributed by atoms with E-state index in [2.05, 4.69) is 73.6 Å². The summed E-state index contributed by atoms with van der Waals surface area (Å²) in [6, 6.07) is 13.4. The van der Waals surface area contributed by atoms with Gasteiger partial charge in [0.1, 0.15) is 8.07 Å². The zero-order valence-electron chi connectivity index (χ0n) is 25.6. The molecule has 4 heterocycles. The number of carboxylic acid groups (broad SMARTS) is 2. The Hall–Kier alpha value is -3.71. The fourth-order valence-electron chi connectivity index (χ4n) is 8.36. The van der Waals surface area contributed by atoms with E-state index in [1.54, 1.807) is 0 Å². The molecule has 0 bridgehead atoms. The zero-order chi connectivity index (χ0) is 30.3. The van der Waals surface area contributed by atoms with Gasteiger partial charge in [0.15, 0.2) is 18.8 Å². The number of rotatable bonds is 4. The molecule has 2 aromatic rings. The molecule has 5 aliphatic rings. The van der Waals surface area contributed by atoms with Gasteiger partial charge in [0.05, 0.1) is 16.9 Å². The van der Waals surface area contributed by atoms with Crippen LogP contribution >= 0.6 is 0 Å². The number of carboxylic acids is 2. The minimum atomic E-state index is -2.22. The van der Waals surface area contributed by atoms with Crippen LogP contribution in [0.5, 0.6) is 0 Å². The van der Waals surface area contributed by atoms with Crippen molar-refractivity contribution in [2.75, 3.05) is 31.1 Å². The van der Waals surface area contributed by atoms with Gasteiger partial charge in [-0.2, -0.15) is 0 Å². The second kappa shape index (κ2) is 9.65. The maximum absolute atomic E-state index is 12.5. The van der Waals surface area contributed by atoms with Crippen molar-refractivity contribution in [3.8, 4) is 0 Å². The monoisotopic (exact) mass is 592 g/mol. The van der Waals surface area contributed by atoms with Gasteiger partial charge in [0.2, 0.25) is 0 Å². The van der Waals surface area contributed by atoms with E-state index < -0.39 is 20.0 Å². The van der Waals surface area contributed by atoms with E-state index in [1.165, 1.54) is 71.3 Å². The largest absolute Gasteiger partial charge is 0.545 e. The van der Waals surface area contributed by atoms with Gasteiger partial charge in [0, 0.05) is 36.5 Å². The summed E-state index contributed by atoms with van der Waals surface area (Å²) in [4.78, 5) is 27.0. The quantitative estimate of drug-likeness (QED) is 0.408. The van der Waals surface area contributed by atoms with Crippen molar-refractivity contribution in [1.29, 1.82) is 0 Å². The summed E-state index contributed by atoms with van der Waals surface area (Å²) in [5.41, 5.74) is 6.53. The Morgan fingerprint density at radius 2 is 1.63 bits per heavy atom. The molecule has 1 N–H and O–H groups in total. The maximum Gasteiger partial charge on any atom is 0.335 e. The number of hydrogen-bond donors (Lipinski definition) is 1. The van der Waals surface area contributed by atoms with Gasteiger partial charge >= 0.3 is 5.97 Å². The third-order valence-corrected chi connectivity index (χ3v) is 15.5. The Morgan fingerprint density at radius 3 is 2.26 bits per heavy atom. The number of aromatic carboxylic acids is 2. The lowest BCUT2D eigenvalue weighted by atomic mass is 9.83. The Balaban J connectivity index is 1.51. The SMILES string of the molecule is CC1(C)CN(c2ccc3c(c2)[Si]2(CCCCC2)C2=CC(=[N+]4CC(C)(C)C4)C=CC2=C3c2cc(C(=O)O)ccc2C(=O)[O-])C1. The number of nitrogens with zero attached hydrogens (tertiary/aromatic N) is 2. The van der Waals surface area contributed by atoms with Crippen LogP contribution in [0.1, 0.15) is 78.8 Å². The Bertz CT molecular complexity index is 1700. The van der Waals surface area contributed by atoms with E-state index in [0.29, 0.717) is 16.4 Å². The van der Waals surface area contributed by atoms with Crippen molar-refractivity contribution < 1.29 is 24.4 Å². The highest BCUT2D eigenvalue weighted by Gasteiger charge is 2.49. The van der Waals surface area contributed by atoms with Crippen molar-refractivity contribution >= 4 is 42.2 Å². The van der Waals surface area contributed by atoms with Gasteiger partial charge < -0.3 is 19.9 Å². The molecule has 6 nitrogen and oxygen atoms in total. The van der Waals surface area contributed by atoms with Crippen molar-refractivity contribution in [1.82, 2.24) is 0 Å². The molecule has 3 fully saturated rings. The van der Waals surface area contributed by atoms with Gasteiger partial charge in [-0.25, -0.2) is 9.37 Å².